The van der Waals surface area contributed by atoms with Crippen molar-refractivity contribution in [1.82, 2.24) is 0 Å². The van der Waals surface area contributed by atoms with Gasteiger partial charge in [0.05, 0.1) is 0 Å². The molecule has 0 atom stereocenters. The highest BCUT2D eigenvalue weighted by Crippen LogP contribution is 2.75. The minimum atomic E-state index is -12.8. The third-order valence-electron chi connectivity index (χ3n) is 11.7. The zero-order chi connectivity index (χ0) is 79.5. The van der Waals surface area contributed by atoms with Gasteiger partial charge in [0.25, 0.3) is 0 Å². The molecule has 0 unspecified atom stereocenters. The lowest BCUT2D eigenvalue weighted by atomic mass is 9.85. The van der Waals surface area contributed by atoms with Crippen LogP contribution in [0.2, 0.25) is 0 Å². The van der Waals surface area contributed by atoms with Crippen LogP contribution >= 0.6 is 0 Å². The molecule has 0 rings (SSSR count). The van der Waals surface area contributed by atoms with Crippen molar-refractivity contribution in [3.63, 3.8) is 0 Å². The van der Waals surface area contributed by atoms with E-state index in [0.717, 1.165) is 0 Å². The van der Waals surface area contributed by atoms with E-state index in [2.05, 4.69) is 0 Å². The van der Waals surface area contributed by atoms with Gasteiger partial charge < -0.3 is 5.21 Å². The Bertz CT molecular complexity index is 2470. The smallest absolute Gasteiger partial charge is 0.471 e. The average molecular weight is 1590 g/mol. The molecular weight excluding hydrogens is 1590 g/mol. The van der Waals surface area contributed by atoms with E-state index < -0.39 is 183 Å². The summed E-state index contributed by atoms with van der Waals surface area (Å²) in [7, 11) is 0. The van der Waals surface area contributed by atoms with Crippen molar-refractivity contribution in [3.05, 3.63) is 5.21 Å². The summed E-state index contributed by atoms with van der Waals surface area (Å²) in [4.78, 5) is 0. The van der Waals surface area contributed by atoms with Crippen molar-refractivity contribution in [2.24, 2.45) is 0 Å². The lowest BCUT2D eigenvalue weighted by Gasteiger charge is -2.58. The third kappa shape index (κ3) is 9.72. The molecule has 65 heteroatoms. The predicted octanol–water partition coefficient (Wildman–Crippen LogP) is 20.0. The van der Waals surface area contributed by atoms with E-state index in [1.807, 2.05) is 0 Å². The van der Waals surface area contributed by atoms with E-state index in [0.29, 0.717) is 0 Å². The number of hydrogen-bond donors (Lipinski definition) is 0. The van der Waals surface area contributed by atoms with Crippen LogP contribution in [0, 0.1) is 5.21 Å². The molecule has 95 heavy (non-hydrogen) atoms. The first-order valence-corrected chi connectivity index (χ1v) is 19.5. The number of nitrogens with zero attached hydrogens (tertiary/aromatic N) is 1. The van der Waals surface area contributed by atoms with Gasteiger partial charge in [0.2, 0.25) is 0 Å². The van der Waals surface area contributed by atoms with Crippen LogP contribution in [0.4, 0.5) is 277 Å². The van der Waals surface area contributed by atoms with Crippen LogP contribution in [0.25, 0.3) is 0 Å². The Labute approximate surface area is 466 Å². The number of rotatable bonds is 27. The van der Waals surface area contributed by atoms with E-state index >= 15 is 26.3 Å². The normalized spacial score (nSPS) is 17.7. The van der Waals surface area contributed by atoms with Gasteiger partial charge in [-0.05, 0) is 0 Å². The van der Waals surface area contributed by atoms with Crippen LogP contribution < -0.4 is 0 Å². The Morgan fingerprint density at radius 1 is 0.105 bits per heavy atom. The van der Waals surface area contributed by atoms with Crippen LogP contribution in [0.3, 0.4) is 0 Å². The molecule has 0 aliphatic rings. The molecule has 0 spiro atoms. The van der Waals surface area contributed by atoms with Crippen molar-refractivity contribution in [3.8, 4) is 0 Å². The molecule has 0 radical (unpaired) electrons. The summed E-state index contributed by atoms with van der Waals surface area (Å²) in [5.41, 5.74) is 0. The predicted molar refractivity (Wildman–Crippen MR) is 155 cm³/mol. The topological polar surface area (TPSA) is 23.1 Å². The van der Waals surface area contributed by atoms with Gasteiger partial charge >= 0.3 is 179 Å². The maximum atomic E-state index is 15.4. The number of halogens is 63. The second-order valence-electron chi connectivity index (χ2n) is 17.5. The fraction of sp³-hybridized carbons (Fsp3) is 1.00. The Kier molecular flexibility index (Phi) is 20.3. The van der Waals surface area contributed by atoms with Crippen LogP contribution in [-0.2, 0) is 0 Å². The van der Waals surface area contributed by atoms with E-state index in [4.69, 9.17) is 0 Å². The summed E-state index contributed by atoms with van der Waals surface area (Å²) in [6, 6.07) is -38.4. The molecule has 0 fully saturated rings. The zero-order valence-electron chi connectivity index (χ0n) is 39.7. The van der Waals surface area contributed by atoms with Crippen molar-refractivity contribution in [2.45, 2.75) is 179 Å². The molecule has 572 valence electrons. The molecule has 0 heterocycles. The van der Waals surface area contributed by atoms with E-state index in [9.17, 15) is 255 Å². The molecule has 2 nitrogen and oxygen atoms in total. The van der Waals surface area contributed by atoms with Gasteiger partial charge in [-0.2, -0.15) is 255 Å². The third-order valence-corrected chi connectivity index (χ3v) is 11.7. The molecular formula is C30F63NO. The second-order valence-corrected chi connectivity index (χ2v) is 17.5. The highest BCUT2D eigenvalue weighted by Gasteiger charge is 3.08. The fourth-order valence-corrected chi connectivity index (χ4v) is 5.77. The summed E-state index contributed by atoms with van der Waals surface area (Å²) in [6.45, 7) is 0. The lowest BCUT2D eigenvalue weighted by Crippen LogP contribution is -2.90. The molecule has 0 saturated carbocycles. The molecule has 0 aliphatic carbocycles. The molecule has 0 aliphatic heterocycles. The van der Waals surface area contributed by atoms with Crippen LogP contribution in [-0.4, -0.2) is 183 Å². The zero-order valence-corrected chi connectivity index (χ0v) is 39.7. The lowest BCUT2D eigenvalue weighted by molar-refractivity contribution is -1.13. The van der Waals surface area contributed by atoms with Gasteiger partial charge in [-0.15, -0.1) is 26.3 Å². The van der Waals surface area contributed by atoms with E-state index in [1.165, 1.54) is 0 Å². The Hall–Kier alpha value is -4.49. The molecule has 0 aromatic heterocycles. The standard InChI is InChI=1S/C30F63NO/c31-1(32,7(43,44)13(55,56)19(67,68)25(79,80)81)4(37,38)10(49,50)16(61,62)22(73,74)28(88,89)94(95,29(90,91)23(75,76)17(63,64)11(51,52)5(39,40)2(33,34)8(45,46)14(57,58)20(69,70)26(82,83)84)30(92,93)24(77,78)18(65,66)12(53,54)6(41,42)3(35,36)9(47,48)15(59,60)21(71,72)27(85,86)87. The number of quaternary nitrogens is 1. The Morgan fingerprint density at radius 2 is 0.168 bits per heavy atom. The summed E-state index contributed by atoms with van der Waals surface area (Å²) >= 11 is 0. The van der Waals surface area contributed by atoms with Crippen LogP contribution in [0.5, 0.6) is 0 Å². The number of hydroxylamine groups is 3. The molecule has 0 N–H and O–H groups in total. The van der Waals surface area contributed by atoms with Gasteiger partial charge in [-0.25, -0.2) is 0 Å². The molecule has 0 amide bonds. The van der Waals surface area contributed by atoms with E-state index in [1.54, 1.807) is 0 Å². The maximum absolute atomic E-state index is 15.4. The monoisotopic (exact) mass is 1590 g/mol. The second kappa shape index (κ2) is 21.3. The van der Waals surface area contributed by atoms with Crippen molar-refractivity contribution >= 4 is 0 Å². The summed E-state index contributed by atoms with van der Waals surface area (Å²) in [6.07, 6.45) is -27.0. The maximum Gasteiger partial charge on any atom is 0.471 e. The minimum absolute atomic E-state index is 9.00. The quantitative estimate of drug-likeness (QED) is 0.0348. The first kappa shape index (κ1) is 90.5. The fourth-order valence-electron chi connectivity index (χ4n) is 5.77. The average Bonchev–Trinajstić information content (AvgIpc) is 0.658. The summed E-state index contributed by atoms with van der Waals surface area (Å²) in [5.74, 6) is -265. The van der Waals surface area contributed by atoms with Gasteiger partial charge in [-0.1, -0.05) is 0 Å². The highest BCUT2D eigenvalue weighted by molar-refractivity contribution is 5.22. The van der Waals surface area contributed by atoms with Gasteiger partial charge in [0.1, 0.15) is 0 Å². The molecule has 0 aromatic rings. The molecule has 0 saturated heterocycles. The Morgan fingerprint density at radius 3 is 0.242 bits per heavy atom. The van der Waals surface area contributed by atoms with Gasteiger partial charge in [-0.3, -0.25) is 0 Å². The molecule has 0 bridgehead atoms. The first-order valence-electron chi connectivity index (χ1n) is 19.5. The highest BCUT2D eigenvalue weighted by atomic mass is 19.5. The Balaban J connectivity index is 10.3. The number of hydrogen-bond acceptors (Lipinski definition) is 1. The van der Waals surface area contributed by atoms with Crippen LogP contribution in [0.15, 0.2) is 0 Å². The number of alkyl halides is 63. The van der Waals surface area contributed by atoms with Crippen molar-refractivity contribution in [1.29, 1.82) is 0 Å². The SMILES string of the molecule is [O-][N+](C(F)(F)C(F)(F)C(F)(F)C(F)(F)C(F)(F)C(F)(F)C(F)(F)C(F)(F)C(F)(F)C(F)(F)F)(C(F)(F)C(F)(F)C(F)(F)C(F)(F)C(F)(F)C(F)(F)C(F)(F)C(F)(F)C(F)(F)C(F)(F)F)C(F)(F)C(F)(F)C(F)(F)C(F)(F)C(F)(F)C(F)(F)C(F)(F)C(F)(F)C(F)(F)C(F)(F)F. The minimum Gasteiger partial charge on any atom is -0.619 e. The summed E-state index contributed by atoms with van der Waals surface area (Å²) < 4.78 is 868. The van der Waals surface area contributed by atoms with Crippen LogP contribution in [0.1, 0.15) is 0 Å². The summed E-state index contributed by atoms with van der Waals surface area (Å²) in [5, 5.41) is 12.5. The van der Waals surface area contributed by atoms with Crippen molar-refractivity contribution < 1.29 is 281 Å². The van der Waals surface area contributed by atoms with Gasteiger partial charge in [0, 0.05) is 0 Å². The molecule has 0 aromatic carbocycles. The van der Waals surface area contributed by atoms with Crippen molar-refractivity contribution in [2.75, 3.05) is 0 Å². The first-order chi connectivity index (χ1) is 39.5. The largest absolute Gasteiger partial charge is 0.619 e. The van der Waals surface area contributed by atoms with Gasteiger partial charge in [0.15, 0.2) is 0 Å². The van der Waals surface area contributed by atoms with E-state index in [-0.39, 0.29) is 0 Å².